The van der Waals surface area contributed by atoms with Crippen LogP contribution in [-0.4, -0.2) is 26.7 Å². The van der Waals surface area contributed by atoms with Crippen LogP contribution in [0.1, 0.15) is 22.8 Å². The van der Waals surface area contributed by atoms with Crippen LogP contribution in [0.25, 0.3) is 11.3 Å². The maximum Gasteiger partial charge on any atom is 0.123 e. The monoisotopic (exact) mass is 323 g/mol. The fourth-order valence-electron chi connectivity index (χ4n) is 3.31. The SMILES string of the molecule is O[C@@H]1CN(Cc2cn[nH]c2-c2ccc(F)cc2)Cc2ccccc21. The fourth-order valence-corrected chi connectivity index (χ4v) is 3.31. The molecule has 0 amide bonds. The summed E-state index contributed by atoms with van der Waals surface area (Å²) in [7, 11) is 0. The van der Waals surface area contributed by atoms with Gasteiger partial charge in [-0.1, -0.05) is 24.3 Å². The van der Waals surface area contributed by atoms with Gasteiger partial charge in [0.2, 0.25) is 0 Å². The van der Waals surface area contributed by atoms with Gasteiger partial charge in [0, 0.05) is 30.8 Å². The van der Waals surface area contributed by atoms with Gasteiger partial charge in [0.05, 0.1) is 18.0 Å². The van der Waals surface area contributed by atoms with E-state index in [1.807, 2.05) is 18.2 Å². The van der Waals surface area contributed by atoms with E-state index in [1.165, 1.54) is 12.1 Å². The summed E-state index contributed by atoms with van der Waals surface area (Å²) in [6.07, 6.45) is 1.32. The average molecular weight is 323 g/mol. The molecular weight excluding hydrogens is 305 g/mol. The first-order chi connectivity index (χ1) is 11.7. The Labute approximate surface area is 139 Å². The predicted octanol–water partition coefficient (Wildman–Crippen LogP) is 3.27. The third-order valence-electron chi connectivity index (χ3n) is 4.48. The summed E-state index contributed by atoms with van der Waals surface area (Å²) in [6, 6.07) is 14.4. The third-order valence-corrected chi connectivity index (χ3v) is 4.48. The number of halogens is 1. The number of β-amino-alcohol motifs (C(OH)–C–C–N with tert-alkyl or cyclic N) is 1. The molecule has 0 fully saturated rings. The lowest BCUT2D eigenvalue weighted by Gasteiger charge is -2.32. The zero-order valence-electron chi connectivity index (χ0n) is 13.1. The molecule has 0 spiro atoms. The van der Waals surface area contributed by atoms with Gasteiger partial charge in [-0.05, 0) is 35.4 Å². The molecule has 1 atom stereocenters. The zero-order chi connectivity index (χ0) is 16.5. The lowest BCUT2D eigenvalue weighted by Crippen LogP contribution is -2.33. The van der Waals surface area contributed by atoms with Crippen molar-refractivity contribution in [2.24, 2.45) is 0 Å². The fraction of sp³-hybridized carbons (Fsp3) is 0.211. The summed E-state index contributed by atoms with van der Waals surface area (Å²) >= 11 is 0. The summed E-state index contributed by atoms with van der Waals surface area (Å²) in [6.45, 7) is 2.06. The zero-order valence-corrected chi connectivity index (χ0v) is 13.1. The minimum absolute atomic E-state index is 0.254. The van der Waals surface area contributed by atoms with Gasteiger partial charge in [0.1, 0.15) is 5.82 Å². The van der Waals surface area contributed by atoms with E-state index < -0.39 is 6.10 Å². The van der Waals surface area contributed by atoms with Crippen molar-refractivity contribution in [3.63, 3.8) is 0 Å². The summed E-state index contributed by atoms with van der Waals surface area (Å²) in [4.78, 5) is 2.20. The van der Waals surface area contributed by atoms with E-state index in [0.29, 0.717) is 13.1 Å². The number of H-pyrrole nitrogens is 1. The smallest absolute Gasteiger partial charge is 0.123 e. The number of aromatic amines is 1. The van der Waals surface area contributed by atoms with Crippen molar-refractivity contribution in [2.75, 3.05) is 6.54 Å². The second kappa shape index (κ2) is 6.19. The van der Waals surface area contributed by atoms with Gasteiger partial charge >= 0.3 is 0 Å². The molecule has 4 nitrogen and oxygen atoms in total. The van der Waals surface area contributed by atoms with Gasteiger partial charge in [-0.15, -0.1) is 0 Å². The van der Waals surface area contributed by atoms with Gasteiger partial charge < -0.3 is 5.11 Å². The number of rotatable bonds is 3. The van der Waals surface area contributed by atoms with Crippen LogP contribution in [-0.2, 0) is 13.1 Å². The number of aliphatic hydroxyl groups excluding tert-OH is 1. The quantitative estimate of drug-likeness (QED) is 0.778. The van der Waals surface area contributed by atoms with Crippen LogP contribution < -0.4 is 0 Å². The lowest BCUT2D eigenvalue weighted by molar-refractivity contribution is 0.0883. The van der Waals surface area contributed by atoms with Gasteiger partial charge in [-0.2, -0.15) is 5.10 Å². The molecule has 2 heterocycles. The van der Waals surface area contributed by atoms with Gasteiger partial charge in [-0.25, -0.2) is 4.39 Å². The molecule has 3 aromatic rings. The number of benzene rings is 2. The van der Waals surface area contributed by atoms with E-state index in [9.17, 15) is 9.50 Å². The largest absolute Gasteiger partial charge is 0.387 e. The van der Waals surface area contributed by atoms with Crippen molar-refractivity contribution >= 4 is 0 Å². The Bertz CT molecular complexity index is 844. The second-order valence-electron chi connectivity index (χ2n) is 6.16. The molecule has 1 aliphatic heterocycles. The van der Waals surface area contributed by atoms with Crippen molar-refractivity contribution in [1.29, 1.82) is 0 Å². The van der Waals surface area contributed by atoms with Crippen LogP contribution >= 0.6 is 0 Å². The number of aromatic nitrogens is 2. The highest BCUT2D eigenvalue weighted by molar-refractivity contribution is 5.62. The number of fused-ring (bicyclic) bond motifs is 1. The molecule has 4 rings (SSSR count). The highest BCUT2D eigenvalue weighted by Crippen LogP contribution is 2.29. The summed E-state index contributed by atoms with van der Waals surface area (Å²) in [5.41, 5.74) is 5.00. The summed E-state index contributed by atoms with van der Waals surface area (Å²) < 4.78 is 13.1. The molecule has 5 heteroatoms. The van der Waals surface area contributed by atoms with Gasteiger partial charge in [-0.3, -0.25) is 10.00 Å². The number of hydrogen-bond donors (Lipinski definition) is 2. The molecular formula is C19H18FN3O. The van der Waals surface area contributed by atoms with Crippen molar-refractivity contribution in [1.82, 2.24) is 15.1 Å². The van der Waals surface area contributed by atoms with E-state index in [1.54, 1.807) is 18.3 Å². The number of nitrogens with one attached hydrogen (secondary N) is 1. The molecule has 2 aromatic carbocycles. The van der Waals surface area contributed by atoms with E-state index >= 15 is 0 Å². The van der Waals surface area contributed by atoms with Gasteiger partial charge in [0.25, 0.3) is 0 Å². The number of aliphatic hydroxyl groups is 1. The Kier molecular flexibility index (Phi) is 3.88. The lowest BCUT2D eigenvalue weighted by atomic mass is 9.97. The molecule has 1 aromatic heterocycles. The molecule has 122 valence electrons. The Morgan fingerprint density at radius 2 is 1.96 bits per heavy atom. The minimum atomic E-state index is -0.476. The normalized spacial score (nSPS) is 17.7. The van der Waals surface area contributed by atoms with Crippen LogP contribution in [0.2, 0.25) is 0 Å². The van der Waals surface area contributed by atoms with Crippen LogP contribution in [0.4, 0.5) is 4.39 Å². The maximum absolute atomic E-state index is 13.1. The van der Waals surface area contributed by atoms with E-state index in [-0.39, 0.29) is 5.82 Å². The van der Waals surface area contributed by atoms with Crippen LogP contribution in [0, 0.1) is 5.82 Å². The van der Waals surface area contributed by atoms with Crippen molar-refractivity contribution < 1.29 is 9.50 Å². The first kappa shape index (κ1) is 15.1. The molecule has 0 radical (unpaired) electrons. The highest BCUT2D eigenvalue weighted by atomic mass is 19.1. The molecule has 0 saturated heterocycles. The highest BCUT2D eigenvalue weighted by Gasteiger charge is 2.24. The Morgan fingerprint density at radius 1 is 1.17 bits per heavy atom. The summed E-state index contributed by atoms with van der Waals surface area (Å²) in [5, 5.41) is 17.5. The Hall–Kier alpha value is -2.50. The van der Waals surface area contributed by atoms with Crippen molar-refractivity contribution in [3.05, 3.63) is 77.2 Å². The molecule has 0 saturated carbocycles. The minimum Gasteiger partial charge on any atom is -0.387 e. The van der Waals surface area contributed by atoms with Crippen LogP contribution in [0.15, 0.2) is 54.7 Å². The first-order valence-electron chi connectivity index (χ1n) is 7.97. The Morgan fingerprint density at radius 3 is 2.79 bits per heavy atom. The molecule has 0 unspecified atom stereocenters. The number of nitrogens with zero attached hydrogens (tertiary/aromatic N) is 2. The van der Waals surface area contributed by atoms with Crippen LogP contribution in [0.5, 0.6) is 0 Å². The molecule has 0 aliphatic carbocycles. The summed E-state index contributed by atoms with van der Waals surface area (Å²) in [5.74, 6) is -0.254. The van der Waals surface area contributed by atoms with E-state index in [4.69, 9.17) is 0 Å². The van der Waals surface area contributed by atoms with Crippen molar-refractivity contribution in [2.45, 2.75) is 19.2 Å². The average Bonchev–Trinajstić information content (AvgIpc) is 3.04. The maximum atomic E-state index is 13.1. The standard InChI is InChI=1S/C19H18FN3O/c20-16-7-5-13(6-8-16)19-15(9-21-22-19)11-23-10-14-3-1-2-4-17(14)18(24)12-23/h1-9,18,24H,10-12H2,(H,21,22)/t18-/m1/s1. The third kappa shape index (κ3) is 2.84. The second-order valence-corrected chi connectivity index (χ2v) is 6.16. The van der Waals surface area contributed by atoms with E-state index in [2.05, 4.69) is 21.2 Å². The van der Waals surface area contributed by atoms with Crippen LogP contribution in [0.3, 0.4) is 0 Å². The molecule has 24 heavy (non-hydrogen) atoms. The molecule has 2 N–H and O–H groups in total. The van der Waals surface area contributed by atoms with Crippen molar-refractivity contribution in [3.8, 4) is 11.3 Å². The first-order valence-corrected chi connectivity index (χ1v) is 7.97. The molecule has 0 bridgehead atoms. The number of hydrogen-bond acceptors (Lipinski definition) is 3. The van der Waals surface area contributed by atoms with E-state index in [0.717, 1.165) is 34.5 Å². The Balaban J connectivity index is 1.57. The van der Waals surface area contributed by atoms with Gasteiger partial charge in [0.15, 0.2) is 0 Å². The molecule has 1 aliphatic rings. The topological polar surface area (TPSA) is 52.1 Å². The predicted molar refractivity (Wildman–Crippen MR) is 89.5 cm³/mol.